The molecule has 2 rings (SSSR count). The van der Waals surface area contributed by atoms with Gasteiger partial charge in [-0.2, -0.15) is 5.26 Å². The molecule has 0 heterocycles. The third-order valence-electron chi connectivity index (χ3n) is 2.59. The van der Waals surface area contributed by atoms with Gasteiger partial charge < -0.3 is 0 Å². The number of nitrogens with zero attached hydrogens (tertiary/aromatic N) is 1. The Morgan fingerprint density at radius 1 is 0.947 bits per heavy atom. The predicted molar refractivity (Wildman–Crippen MR) is 73.6 cm³/mol. The summed E-state index contributed by atoms with van der Waals surface area (Å²) in [6, 6.07) is 16.6. The molecule has 0 spiro atoms. The highest BCUT2D eigenvalue weighted by Crippen LogP contribution is 2.10. The molecule has 2 nitrogen and oxygen atoms in total. The second-order valence-corrected chi connectivity index (χ2v) is 4.08. The predicted octanol–water partition coefficient (Wildman–Crippen LogP) is 3.16. The summed E-state index contributed by atoms with van der Waals surface area (Å²) in [7, 11) is 0. The summed E-state index contributed by atoms with van der Waals surface area (Å²) < 4.78 is 0. The Kier molecular flexibility index (Phi) is 3.76. The van der Waals surface area contributed by atoms with Crippen molar-refractivity contribution in [3.63, 3.8) is 0 Å². The molecule has 90 valence electrons. The molecule has 0 radical (unpaired) electrons. The van der Waals surface area contributed by atoms with Crippen molar-refractivity contribution >= 4 is 5.78 Å². The van der Waals surface area contributed by atoms with Gasteiger partial charge in [0.05, 0.1) is 11.6 Å². The minimum Gasteiger partial charge on any atom is -0.295 e. The van der Waals surface area contributed by atoms with Crippen LogP contribution in [0, 0.1) is 23.2 Å². The van der Waals surface area contributed by atoms with Crippen molar-refractivity contribution < 1.29 is 4.79 Å². The molecule has 0 atom stereocenters. The van der Waals surface area contributed by atoms with Gasteiger partial charge in [-0.3, -0.25) is 4.79 Å². The highest BCUT2D eigenvalue weighted by molar-refractivity contribution is 5.94. The maximum atomic E-state index is 11.4. The van der Waals surface area contributed by atoms with E-state index in [9.17, 15) is 4.79 Å². The lowest BCUT2D eigenvalue weighted by molar-refractivity contribution is 0.101. The van der Waals surface area contributed by atoms with Crippen molar-refractivity contribution in [1.29, 1.82) is 5.26 Å². The highest BCUT2D eigenvalue weighted by atomic mass is 16.1. The zero-order chi connectivity index (χ0) is 13.7. The normalized spacial score (nSPS) is 9.05. The molecule has 0 aliphatic heterocycles. The lowest BCUT2D eigenvalue weighted by Crippen LogP contribution is -1.94. The van der Waals surface area contributed by atoms with E-state index >= 15 is 0 Å². The molecule has 0 aliphatic rings. The quantitative estimate of drug-likeness (QED) is 0.572. The molecule has 0 saturated carbocycles. The standard InChI is InChI=1S/C17H11NO/c1-13(19)17-10-15(9-16(11-17)12-18)8-7-14-5-3-2-4-6-14/h2-6,9-11H,1H3. The van der Waals surface area contributed by atoms with Gasteiger partial charge in [0, 0.05) is 16.7 Å². The van der Waals surface area contributed by atoms with Crippen molar-refractivity contribution in [2.75, 3.05) is 0 Å². The molecule has 0 bridgehead atoms. The summed E-state index contributed by atoms with van der Waals surface area (Å²) in [5.41, 5.74) is 2.53. The lowest BCUT2D eigenvalue weighted by atomic mass is 10.0. The van der Waals surface area contributed by atoms with E-state index in [4.69, 9.17) is 5.26 Å². The summed E-state index contributed by atoms with van der Waals surface area (Å²) in [6.07, 6.45) is 0. The van der Waals surface area contributed by atoms with Crippen LogP contribution in [0.1, 0.15) is 34.0 Å². The largest absolute Gasteiger partial charge is 0.295 e. The van der Waals surface area contributed by atoms with E-state index in [-0.39, 0.29) is 5.78 Å². The molecule has 19 heavy (non-hydrogen) atoms. The molecular weight excluding hydrogens is 234 g/mol. The van der Waals surface area contributed by atoms with Crippen LogP contribution in [0.15, 0.2) is 48.5 Å². The number of ketones is 1. The lowest BCUT2D eigenvalue weighted by Gasteiger charge is -1.98. The monoisotopic (exact) mass is 245 g/mol. The highest BCUT2D eigenvalue weighted by Gasteiger charge is 2.03. The van der Waals surface area contributed by atoms with E-state index in [1.807, 2.05) is 36.4 Å². The fraction of sp³-hybridized carbons (Fsp3) is 0.0588. The van der Waals surface area contributed by atoms with Gasteiger partial charge in [0.25, 0.3) is 0 Å². The number of hydrogen-bond donors (Lipinski definition) is 0. The zero-order valence-corrected chi connectivity index (χ0v) is 10.5. The molecule has 0 aliphatic carbocycles. The Morgan fingerprint density at radius 3 is 2.21 bits per heavy atom. The number of hydrogen-bond acceptors (Lipinski definition) is 2. The Hall–Kier alpha value is -2.84. The van der Waals surface area contributed by atoms with Gasteiger partial charge in [0.1, 0.15) is 0 Å². The zero-order valence-electron chi connectivity index (χ0n) is 10.5. The van der Waals surface area contributed by atoms with Crippen LogP contribution < -0.4 is 0 Å². The second-order valence-electron chi connectivity index (χ2n) is 4.08. The van der Waals surface area contributed by atoms with Gasteiger partial charge in [-0.1, -0.05) is 30.0 Å². The number of Topliss-reactive ketones (excluding diaryl/α,β-unsaturated/α-hetero) is 1. The first-order valence-electron chi connectivity index (χ1n) is 5.82. The Bertz CT molecular complexity index is 712. The maximum absolute atomic E-state index is 11.4. The molecule has 0 aromatic heterocycles. The SMILES string of the molecule is CC(=O)c1cc(C#N)cc(C#Cc2ccccc2)c1. The van der Waals surface area contributed by atoms with Crippen LogP contribution in [0.5, 0.6) is 0 Å². The molecule has 2 aromatic rings. The van der Waals surface area contributed by atoms with Crippen LogP contribution in [0.4, 0.5) is 0 Å². The van der Waals surface area contributed by atoms with Crippen molar-refractivity contribution in [3.8, 4) is 17.9 Å². The first kappa shape index (κ1) is 12.6. The van der Waals surface area contributed by atoms with Crippen LogP contribution in [-0.2, 0) is 0 Å². The van der Waals surface area contributed by atoms with Gasteiger partial charge in [0.2, 0.25) is 0 Å². The minimum atomic E-state index is -0.0696. The van der Waals surface area contributed by atoms with Crippen molar-refractivity contribution in [2.45, 2.75) is 6.92 Å². The van der Waals surface area contributed by atoms with Gasteiger partial charge in [-0.25, -0.2) is 0 Å². The smallest absolute Gasteiger partial charge is 0.159 e. The van der Waals surface area contributed by atoms with Crippen LogP contribution >= 0.6 is 0 Å². The van der Waals surface area contributed by atoms with Gasteiger partial charge >= 0.3 is 0 Å². The van der Waals surface area contributed by atoms with E-state index in [0.29, 0.717) is 16.7 Å². The van der Waals surface area contributed by atoms with Crippen molar-refractivity contribution in [2.24, 2.45) is 0 Å². The minimum absolute atomic E-state index is 0.0696. The van der Waals surface area contributed by atoms with Crippen LogP contribution in [0.2, 0.25) is 0 Å². The molecule has 0 fully saturated rings. The number of carbonyl (C=O) groups excluding carboxylic acids is 1. The Labute approximate surface area is 112 Å². The van der Waals surface area contributed by atoms with Crippen LogP contribution in [0.25, 0.3) is 0 Å². The average Bonchev–Trinajstić information content (AvgIpc) is 2.45. The number of carbonyl (C=O) groups is 1. The topological polar surface area (TPSA) is 40.9 Å². The summed E-state index contributed by atoms with van der Waals surface area (Å²) in [4.78, 5) is 11.4. The van der Waals surface area contributed by atoms with E-state index in [0.717, 1.165) is 5.56 Å². The Balaban J connectivity index is 2.41. The molecule has 0 N–H and O–H groups in total. The maximum Gasteiger partial charge on any atom is 0.159 e. The van der Waals surface area contributed by atoms with E-state index in [1.54, 1.807) is 18.2 Å². The fourth-order valence-electron chi connectivity index (χ4n) is 1.63. The van der Waals surface area contributed by atoms with E-state index < -0.39 is 0 Å². The molecular formula is C17H11NO. The average molecular weight is 245 g/mol. The summed E-state index contributed by atoms with van der Waals surface area (Å²) in [5, 5.41) is 8.94. The first-order chi connectivity index (χ1) is 9.19. The third kappa shape index (κ3) is 3.31. The van der Waals surface area contributed by atoms with E-state index in [2.05, 4.69) is 11.8 Å². The van der Waals surface area contributed by atoms with Gasteiger partial charge in [-0.05, 0) is 37.3 Å². The molecule has 2 heteroatoms. The fourth-order valence-corrected chi connectivity index (χ4v) is 1.63. The summed E-state index contributed by atoms with van der Waals surface area (Å²) in [5.74, 6) is 5.92. The van der Waals surface area contributed by atoms with Gasteiger partial charge in [-0.15, -0.1) is 0 Å². The van der Waals surface area contributed by atoms with Crippen LogP contribution in [0.3, 0.4) is 0 Å². The van der Waals surface area contributed by atoms with Gasteiger partial charge in [0.15, 0.2) is 5.78 Å². The molecule has 0 amide bonds. The second kappa shape index (κ2) is 5.67. The number of nitriles is 1. The van der Waals surface area contributed by atoms with E-state index in [1.165, 1.54) is 6.92 Å². The Morgan fingerprint density at radius 2 is 1.58 bits per heavy atom. The first-order valence-corrected chi connectivity index (χ1v) is 5.82. The summed E-state index contributed by atoms with van der Waals surface area (Å²) >= 11 is 0. The summed E-state index contributed by atoms with van der Waals surface area (Å²) in [6.45, 7) is 1.48. The molecule has 2 aromatic carbocycles. The molecule has 0 saturated heterocycles. The number of benzene rings is 2. The van der Waals surface area contributed by atoms with Crippen molar-refractivity contribution in [3.05, 3.63) is 70.8 Å². The number of rotatable bonds is 1. The molecule has 0 unspecified atom stereocenters. The van der Waals surface area contributed by atoms with Crippen LogP contribution in [-0.4, -0.2) is 5.78 Å². The third-order valence-corrected chi connectivity index (χ3v) is 2.59. The van der Waals surface area contributed by atoms with Crippen molar-refractivity contribution in [1.82, 2.24) is 0 Å².